The highest BCUT2D eigenvalue weighted by Gasteiger charge is 2.43. The lowest BCUT2D eigenvalue weighted by atomic mass is 9.98. The van der Waals surface area contributed by atoms with Crippen LogP contribution in [0.1, 0.15) is 12.0 Å². The molecule has 1 fully saturated rings. The summed E-state index contributed by atoms with van der Waals surface area (Å²) in [6.45, 7) is 1.59. The number of nitrogens with zero attached hydrogens (tertiary/aromatic N) is 1. The molecule has 0 aliphatic carbocycles. The van der Waals surface area contributed by atoms with Crippen LogP contribution in [0.2, 0.25) is 0 Å². The molecule has 8 heteroatoms. The number of hydrogen-bond donors (Lipinski definition) is 2. The third-order valence-electron chi connectivity index (χ3n) is 3.28. The molecule has 1 aromatic rings. The van der Waals surface area contributed by atoms with Crippen LogP contribution in [0.4, 0.5) is 15.8 Å². The molecule has 0 spiro atoms. The number of aliphatic carboxylic acids is 1. The lowest BCUT2D eigenvalue weighted by molar-refractivity contribution is -0.384. The van der Waals surface area contributed by atoms with E-state index in [9.17, 15) is 24.4 Å². The topological polar surface area (TPSA) is 102 Å². The molecule has 7 nitrogen and oxygen atoms in total. The zero-order valence-corrected chi connectivity index (χ0v) is 10.7. The average Bonchev–Trinajstić information content (AvgIpc) is 2.83. The molecule has 0 amide bonds. The molecule has 1 unspecified atom stereocenters. The van der Waals surface area contributed by atoms with Gasteiger partial charge in [0.1, 0.15) is 11.5 Å². The van der Waals surface area contributed by atoms with Gasteiger partial charge in [-0.05, 0) is 18.6 Å². The summed E-state index contributed by atoms with van der Waals surface area (Å²) in [7, 11) is 0. The third-order valence-corrected chi connectivity index (χ3v) is 3.28. The first-order valence-electron chi connectivity index (χ1n) is 5.89. The second-order valence-electron chi connectivity index (χ2n) is 4.69. The maximum atomic E-state index is 13.4. The van der Waals surface area contributed by atoms with E-state index in [0.29, 0.717) is 0 Å². The number of carbonyl (C=O) groups is 1. The monoisotopic (exact) mass is 284 g/mol. The van der Waals surface area contributed by atoms with Crippen LogP contribution in [0, 0.1) is 22.9 Å². The van der Waals surface area contributed by atoms with Crippen LogP contribution in [0.15, 0.2) is 12.1 Å². The molecule has 20 heavy (non-hydrogen) atoms. The van der Waals surface area contributed by atoms with Crippen LogP contribution in [0.3, 0.4) is 0 Å². The van der Waals surface area contributed by atoms with Gasteiger partial charge in [0.2, 0.25) is 0 Å². The van der Waals surface area contributed by atoms with Gasteiger partial charge in [-0.15, -0.1) is 0 Å². The third kappa shape index (κ3) is 2.42. The van der Waals surface area contributed by atoms with Gasteiger partial charge in [0.05, 0.1) is 17.6 Å². The lowest BCUT2D eigenvalue weighted by Crippen LogP contribution is -2.47. The number of benzene rings is 1. The first-order valence-corrected chi connectivity index (χ1v) is 5.89. The molecule has 0 aromatic heterocycles. The van der Waals surface area contributed by atoms with Crippen molar-refractivity contribution >= 4 is 17.3 Å². The first-order chi connectivity index (χ1) is 9.35. The van der Waals surface area contributed by atoms with E-state index in [4.69, 9.17) is 4.74 Å². The molecular weight excluding hydrogens is 271 g/mol. The van der Waals surface area contributed by atoms with Gasteiger partial charge in [-0.2, -0.15) is 0 Å². The number of ether oxygens (including phenoxy) is 1. The smallest absolute Gasteiger partial charge is 0.331 e. The Morgan fingerprint density at radius 1 is 1.60 bits per heavy atom. The lowest BCUT2D eigenvalue weighted by Gasteiger charge is -2.25. The predicted molar refractivity (Wildman–Crippen MR) is 67.2 cm³/mol. The summed E-state index contributed by atoms with van der Waals surface area (Å²) in [6, 6.07) is 2.01. The van der Waals surface area contributed by atoms with E-state index in [1.807, 2.05) is 0 Å². The predicted octanol–water partition coefficient (Wildman–Crippen LogP) is 1.70. The molecule has 1 aliphatic heterocycles. The molecule has 0 saturated carbocycles. The van der Waals surface area contributed by atoms with Crippen molar-refractivity contribution in [2.24, 2.45) is 0 Å². The molecule has 0 bridgehead atoms. The number of rotatable bonds is 4. The highest BCUT2D eigenvalue weighted by molar-refractivity contribution is 5.84. The summed E-state index contributed by atoms with van der Waals surface area (Å²) in [4.78, 5) is 21.6. The highest BCUT2D eigenvalue weighted by atomic mass is 19.1. The number of nitrogens with one attached hydrogen (secondary N) is 1. The summed E-state index contributed by atoms with van der Waals surface area (Å²) in [5.74, 6) is -1.87. The number of aryl methyl sites for hydroxylation is 1. The standard InChI is InChI=1S/C12H13FN2O5/c1-7-4-9(10(15(18)19)5-8(7)13)14-12(11(16)17)2-3-20-6-12/h4-5,14H,2-3,6H2,1H3,(H,16,17). The molecular formula is C12H13FN2O5. The van der Waals surface area contributed by atoms with E-state index < -0.39 is 27.9 Å². The Morgan fingerprint density at radius 3 is 2.80 bits per heavy atom. The van der Waals surface area contributed by atoms with Crippen LogP contribution < -0.4 is 5.32 Å². The van der Waals surface area contributed by atoms with Gasteiger partial charge >= 0.3 is 5.97 Å². The number of nitro groups is 1. The van der Waals surface area contributed by atoms with Crippen molar-refractivity contribution in [3.05, 3.63) is 33.6 Å². The number of nitro benzene ring substituents is 1. The average molecular weight is 284 g/mol. The Morgan fingerprint density at radius 2 is 2.30 bits per heavy atom. The van der Waals surface area contributed by atoms with Crippen LogP contribution in [0.5, 0.6) is 0 Å². The van der Waals surface area contributed by atoms with Crippen LogP contribution in [-0.4, -0.2) is 34.8 Å². The van der Waals surface area contributed by atoms with Gasteiger partial charge < -0.3 is 15.2 Å². The van der Waals surface area contributed by atoms with Gasteiger partial charge in [-0.3, -0.25) is 10.1 Å². The minimum atomic E-state index is -1.42. The molecule has 2 rings (SSSR count). The molecule has 1 heterocycles. The summed E-state index contributed by atoms with van der Waals surface area (Å²) >= 11 is 0. The number of hydrogen-bond acceptors (Lipinski definition) is 5. The molecule has 1 aromatic carbocycles. The van der Waals surface area contributed by atoms with Crippen molar-refractivity contribution in [2.75, 3.05) is 18.5 Å². The zero-order valence-electron chi connectivity index (χ0n) is 10.7. The van der Waals surface area contributed by atoms with Crippen LogP contribution in [0.25, 0.3) is 0 Å². The fourth-order valence-electron chi connectivity index (χ4n) is 2.07. The molecule has 1 atom stereocenters. The normalized spacial score (nSPS) is 21.7. The summed E-state index contributed by atoms with van der Waals surface area (Å²) in [6.07, 6.45) is 0.176. The van der Waals surface area contributed by atoms with E-state index >= 15 is 0 Å². The number of carboxylic acid groups (broad SMARTS) is 1. The van der Waals surface area contributed by atoms with E-state index in [1.165, 1.54) is 13.0 Å². The van der Waals surface area contributed by atoms with Crippen molar-refractivity contribution in [1.82, 2.24) is 0 Å². The van der Waals surface area contributed by atoms with Gasteiger partial charge in [-0.25, -0.2) is 9.18 Å². The highest BCUT2D eigenvalue weighted by Crippen LogP contribution is 2.32. The van der Waals surface area contributed by atoms with Crippen molar-refractivity contribution < 1.29 is 24.0 Å². The van der Waals surface area contributed by atoms with Gasteiger partial charge in [0.15, 0.2) is 5.54 Å². The minimum absolute atomic E-state index is 0.0261. The van der Waals surface area contributed by atoms with E-state index in [2.05, 4.69) is 5.32 Å². The van der Waals surface area contributed by atoms with Crippen molar-refractivity contribution in [2.45, 2.75) is 18.9 Å². The van der Waals surface area contributed by atoms with E-state index in [0.717, 1.165) is 6.07 Å². The second-order valence-corrected chi connectivity index (χ2v) is 4.69. The van der Waals surface area contributed by atoms with E-state index in [1.54, 1.807) is 0 Å². The molecule has 2 N–H and O–H groups in total. The zero-order chi connectivity index (χ0) is 14.9. The summed E-state index contributed by atoms with van der Waals surface area (Å²) < 4.78 is 18.5. The Kier molecular flexibility index (Phi) is 3.58. The van der Waals surface area contributed by atoms with Crippen molar-refractivity contribution in [3.8, 4) is 0 Å². The van der Waals surface area contributed by atoms with Crippen LogP contribution in [-0.2, 0) is 9.53 Å². The van der Waals surface area contributed by atoms with Crippen LogP contribution >= 0.6 is 0 Å². The summed E-state index contributed by atoms with van der Waals surface area (Å²) in [5.41, 5.74) is -1.75. The Balaban J connectivity index is 2.44. The molecule has 108 valence electrons. The summed E-state index contributed by atoms with van der Waals surface area (Å²) in [5, 5.41) is 22.9. The second kappa shape index (κ2) is 5.04. The fraction of sp³-hybridized carbons (Fsp3) is 0.417. The fourth-order valence-corrected chi connectivity index (χ4v) is 2.07. The van der Waals surface area contributed by atoms with Crippen molar-refractivity contribution in [1.29, 1.82) is 0 Å². The van der Waals surface area contributed by atoms with Crippen molar-refractivity contribution in [3.63, 3.8) is 0 Å². The van der Waals surface area contributed by atoms with Gasteiger partial charge in [0, 0.05) is 13.0 Å². The first kappa shape index (κ1) is 14.2. The minimum Gasteiger partial charge on any atom is -0.479 e. The molecule has 1 saturated heterocycles. The number of anilines is 1. The Hall–Kier alpha value is -2.22. The quantitative estimate of drug-likeness (QED) is 0.644. The number of carboxylic acids is 1. The maximum absolute atomic E-state index is 13.4. The molecule has 1 aliphatic rings. The number of halogens is 1. The molecule has 0 radical (unpaired) electrons. The SMILES string of the molecule is Cc1cc(NC2(C(=O)O)CCOC2)c([N+](=O)[O-])cc1F. The van der Waals surface area contributed by atoms with Gasteiger partial charge in [-0.1, -0.05) is 0 Å². The van der Waals surface area contributed by atoms with E-state index in [-0.39, 0.29) is 30.9 Å². The maximum Gasteiger partial charge on any atom is 0.331 e. The Labute approximate surface area is 113 Å². The largest absolute Gasteiger partial charge is 0.479 e. The Bertz CT molecular complexity index is 569. The van der Waals surface area contributed by atoms with Gasteiger partial charge in [0.25, 0.3) is 5.69 Å².